The highest BCUT2D eigenvalue weighted by atomic mass is 32.1. The Morgan fingerprint density at radius 3 is 2.79 bits per heavy atom. The van der Waals surface area contributed by atoms with Crippen LogP contribution in [0.1, 0.15) is 60.9 Å². The number of nitrogens with zero attached hydrogens (tertiary/aromatic N) is 3. The van der Waals surface area contributed by atoms with E-state index < -0.39 is 0 Å². The maximum Gasteiger partial charge on any atom is 0.310 e. The number of hydrogen-bond donors (Lipinski definition) is 0. The average Bonchev–Trinajstić information content (AvgIpc) is 3.03. The molecule has 5 nitrogen and oxygen atoms in total. The molecule has 0 N–H and O–H groups in total. The van der Waals surface area contributed by atoms with Crippen LogP contribution in [0.4, 0.5) is 5.82 Å². The maximum atomic E-state index is 12.5. The molecule has 1 unspecified atom stereocenters. The molecule has 0 saturated carbocycles. The predicted octanol–water partition coefficient (Wildman–Crippen LogP) is 5.52. The first-order valence-electron chi connectivity index (χ1n) is 12.5. The van der Waals surface area contributed by atoms with Crippen molar-refractivity contribution in [2.75, 3.05) is 24.6 Å². The van der Waals surface area contributed by atoms with Crippen molar-refractivity contribution < 1.29 is 9.53 Å². The maximum absolute atomic E-state index is 12.5. The lowest BCUT2D eigenvalue weighted by atomic mass is 9.97. The number of aromatic nitrogens is 2. The summed E-state index contributed by atoms with van der Waals surface area (Å²) in [5.74, 6) is 1.82. The molecule has 1 aromatic carbocycles. The summed E-state index contributed by atoms with van der Waals surface area (Å²) in [6.07, 6.45) is 9.70. The molecule has 33 heavy (non-hydrogen) atoms. The molecule has 1 aliphatic heterocycles. The molecule has 5 rings (SSSR count). The Labute approximate surface area is 200 Å². The van der Waals surface area contributed by atoms with E-state index in [2.05, 4.69) is 35.2 Å². The molecule has 3 aromatic rings. The smallest absolute Gasteiger partial charge is 0.310 e. The van der Waals surface area contributed by atoms with E-state index in [0.717, 1.165) is 61.5 Å². The van der Waals surface area contributed by atoms with E-state index in [1.807, 2.05) is 18.3 Å². The molecule has 0 spiro atoms. The van der Waals surface area contributed by atoms with Gasteiger partial charge in [-0.1, -0.05) is 36.8 Å². The second-order valence-corrected chi connectivity index (χ2v) is 10.3. The van der Waals surface area contributed by atoms with Gasteiger partial charge in [0.25, 0.3) is 0 Å². The molecule has 0 amide bonds. The predicted molar refractivity (Wildman–Crippen MR) is 134 cm³/mol. The second kappa shape index (κ2) is 10.2. The molecule has 3 heterocycles. The number of carbonyl (C=O) groups excluding carboxylic acids is 1. The normalized spacial score (nSPS) is 18.7. The lowest BCUT2D eigenvalue weighted by Crippen LogP contribution is -2.40. The van der Waals surface area contributed by atoms with Crippen molar-refractivity contribution in [3.8, 4) is 0 Å². The van der Waals surface area contributed by atoms with Crippen LogP contribution in [0.2, 0.25) is 0 Å². The first kappa shape index (κ1) is 22.3. The summed E-state index contributed by atoms with van der Waals surface area (Å²) in [5.41, 5.74) is 2.78. The van der Waals surface area contributed by atoms with Gasteiger partial charge >= 0.3 is 5.97 Å². The molecule has 174 valence electrons. The summed E-state index contributed by atoms with van der Waals surface area (Å²) in [6, 6.07) is 10.6. The molecule has 2 aliphatic rings. The number of rotatable bonds is 6. The minimum Gasteiger partial charge on any atom is -0.466 e. The molecular formula is C27H33N3O2S. The first-order valence-corrected chi connectivity index (χ1v) is 13.3. The van der Waals surface area contributed by atoms with Crippen molar-refractivity contribution in [2.24, 2.45) is 5.92 Å². The zero-order chi connectivity index (χ0) is 22.6. The highest BCUT2D eigenvalue weighted by Gasteiger charge is 2.30. The van der Waals surface area contributed by atoms with Gasteiger partial charge in [0, 0.05) is 24.4 Å². The highest BCUT2D eigenvalue weighted by molar-refractivity contribution is 7.19. The summed E-state index contributed by atoms with van der Waals surface area (Å²) in [7, 11) is 0. The van der Waals surface area contributed by atoms with E-state index in [1.165, 1.54) is 40.7 Å². The lowest BCUT2D eigenvalue weighted by Gasteiger charge is -2.33. The summed E-state index contributed by atoms with van der Waals surface area (Å²) in [4.78, 5) is 27.7. The van der Waals surface area contributed by atoms with Crippen molar-refractivity contribution in [2.45, 2.75) is 64.7 Å². The number of esters is 1. The van der Waals surface area contributed by atoms with Crippen molar-refractivity contribution in [3.05, 3.63) is 52.2 Å². The van der Waals surface area contributed by atoms with Gasteiger partial charge in [-0.3, -0.25) is 4.79 Å². The monoisotopic (exact) mass is 463 g/mol. The molecule has 2 aromatic heterocycles. The van der Waals surface area contributed by atoms with E-state index in [4.69, 9.17) is 14.7 Å². The van der Waals surface area contributed by atoms with Gasteiger partial charge in [-0.15, -0.1) is 11.3 Å². The SMILES string of the molecule is CCOC(=O)C1CCCN(c2nc(CCc3ccccc3)nc3sc4c(c23)CCCCC4)C1. The Bertz CT molecular complexity index is 1110. The van der Waals surface area contributed by atoms with Gasteiger partial charge in [0.05, 0.1) is 17.9 Å². The second-order valence-electron chi connectivity index (χ2n) is 9.23. The summed E-state index contributed by atoms with van der Waals surface area (Å²) in [6.45, 7) is 3.94. The molecule has 0 bridgehead atoms. The van der Waals surface area contributed by atoms with Crippen LogP contribution in [0.5, 0.6) is 0 Å². The number of thiophene rings is 1. The van der Waals surface area contributed by atoms with E-state index in [9.17, 15) is 4.79 Å². The van der Waals surface area contributed by atoms with Crippen LogP contribution in [0, 0.1) is 5.92 Å². The molecular weight excluding hydrogens is 430 g/mol. The van der Waals surface area contributed by atoms with E-state index in [0.29, 0.717) is 13.2 Å². The van der Waals surface area contributed by atoms with Crippen molar-refractivity contribution in [3.63, 3.8) is 0 Å². The van der Waals surface area contributed by atoms with Crippen LogP contribution in [-0.4, -0.2) is 35.6 Å². The molecule has 1 fully saturated rings. The molecule has 1 saturated heterocycles. The van der Waals surface area contributed by atoms with Crippen LogP contribution in [0.15, 0.2) is 30.3 Å². The van der Waals surface area contributed by atoms with Crippen LogP contribution in [0.25, 0.3) is 10.2 Å². The molecule has 6 heteroatoms. The van der Waals surface area contributed by atoms with Crippen molar-refractivity contribution >= 4 is 33.3 Å². The third kappa shape index (κ3) is 4.91. The van der Waals surface area contributed by atoms with Gasteiger partial charge in [0.15, 0.2) is 0 Å². The lowest BCUT2D eigenvalue weighted by molar-refractivity contribution is -0.148. The number of ether oxygens (including phenoxy) is 1. The summed E-state index contributed by atoms with van der Waals surface area (Å²) >= 11 is 1.87. The van der Waals surface area contributed by atoms with Crippen molar-refractivity contribution in [1.82, 2.24) is 9.97 Å². The van der Waals surface area contributed by atoms with E-state index >= 15 is 0 Å². The zero-order valence-corrected chi connectivity index (χ0v) is 20.3. The van der Waals surface area contributed by atoms with Gasteiger partial charge < -0.3 is 9.64 Å². The number of piperidine rings is 1. The number of hydrogen-bond acceptors (Lipinski definition) is 6. The topological polar surface area (TPSA) is 55.3 Å². The van der Waals surface area contributed by atoms with Crippen LogP contribution in [0.3, 0.4) is 0 Å². The molecule has 0 radical (unpaired) electrons. The van der Waals surface area contributed by atoms with Crippen molar-refractivity contribution in [1.29, 1.82) is 0 Å². The Balaban J connectivity index is 1.51. The fourth-order valence-electron chi connectivity index (χ4n) is 5.22. The van der Waals surface area contributed by atoms with Crippen LogP contribution < -0.4 is 4.90 Å². The number of aryl methyl sites for hydroxylation is 4. The summed E-state index contributed by atoms with van der Waals surface area (Å²) < 4.78 is 5.36. The van der Waals surface area contributed by atoms with Gasteiger partial charge in [0.1, 0.15) is 16.5 Å². The van der Waals surface area contributed by atoms with Crippen LogP contribution >= 0.6 is 11.3 Å². The molecule has 1 aliphatic carbocycles. The fraction of sp³-hybridized carbons (Fsp3) is 0.519. The third-order valence-corrected chi connectivity index (χ3v) is 8.10. The number of fused-ring (bicyclic) bond motifs is 3. The van der Waals surface area contributed by atoms with Gasteiger partial charge in [-0.25, -0.2) is 9.97 Å². The summed E-state index contributed by atoms with van der Waals surface area (Å²) in [5, 5.41) is 1.25. The first-order chi connectivity index (χ1) is 16.2. The standard InChI is InChI=1S/C27H33N3O2S/c1-2-32-27(31)20-12-9-17-30(18-20)25-24-21-13-7-4-8-14-22(21)33-26(24)29-23(28-25)16-15-19-10-5-3-6-11-19/h3,5-6,10-11,20H,2,4,7-9,12-18H2,1H3. The highest BCUT2D eigenvalue weighted by Crippen LogP contribution is 2.40. The van der Waals surface area contributed by atoms with Crippen LogP contribution in [-0.2, 0) is 35.2 Å². The average molecular weight is 464 g/mol. The zero-order valence-electron chi connectivity index (χ0n) is 19.5. The van der Waals surface area contributed by atoms with E-state index in [-0.39, 0.29) is 11.9 Å². The van der Waals surface area contributed by atoms with E-state index in [1.54, 1.807) is 0 Å². The minimum atomic E-state index is -0.0753. The number of carbonyl (C=O) groups is 1. The Morgan fingerprint density at radius 1 is 1.09 bits per heavy atom. The van der Waals surface area contributed by atoms with Gasteiger partial charge in [-0.2, -0.15) is 0 Å². The Morgan fingerprint density at radius 2 is 1.94 bits per heavy atom. The fourth-order valence-corrected chi connectivity index (χ4v) is 6.50. The number of anilines is 1. The third-order valence-electron chi connectivity index (χ3n) is 6.91. The Kier molecular flexibility index (Phi) is 6.91. The Hall–Kier alpha value is -2.47. The molecule has 1 atom stereocenters. The number of benzene rings is 1. The van der Waals surface area contributed by atoms with Gasteiger partial charge in [0.2, 0.25) is 0 Å². The largest absolute Gasteiger partial charge is 0.466 e. The minimum absolute atomic E-state index is 0.0686. The quantitative estimate of drug-likeness (QED) is 0.356. The van der Waals surface area contributed by atoms with Gasteiger partial charge in [-0.05, 0) is 63.0 Å².